The van der Waals surface area contributed by atoms with Crippen molar-refractivity contribution in [2.45, 2.75) is 62.5 Å². The van der Waals surface area contributed by atoms with Gasteiger partial charge >= 0.3 is 180 Å². The van der Waals surface area contributed by atoms with Gasteiger partial charge in [0, 0.05) is 0 Å². The van der Waals surface area contributed by atoms with Gasteiger partial charge in [0.05, 0.1) is 0 Å². The number of benzene rings is 2. The molecule has 0 aliphatic heterocycles. The summed E-state index contributed by atoms with van der Waals surface area (Å²) >= 11 is 1.15. The second kappa shape index (κ2) is 8.48. The molecule has 1 unspecified atom stereocenters. The van der Waals surface area contributed by atoms with Crippen LogP contribution >= 0.6 is 24.8 Å². The van der Waals surface area contributed by atoms with E-state index in [0.717, 1.165) is 30.8 Å². The Hall–Kier alpha value is -0.630. The van der Waals surface area contributed by atoms with E-state index in [0.29, 0.717) is 3.67 Å². The maximum atomic E-state index is 2.49. The van der Waals surface area contributed by atoms with Gasteiger partial charge in [-0.25, -0.2) is 0 Å². The Kier molecular flexibility index (Phi) is 7.21. The summed E-state index contributed by atoms with van der Waals surface area (Å²) < 4.78 is 0.580. The Bertz CT molecular complexity index is 985. The third kappa shape index (κ3) is 4.25. The fraction of sp³-hybridized carbons (Fsp3) is 0.385. The van der Waals surface area contributed by atoms with Crippen molar-refractivity contribution in [3.63, 3.8) is 0 Å². The van der Waals surface area contributed by atoms with Crippen LogP contribution in [0.15, 0.2) is 48.6 Å². The first-order valence-corrected chi connectivity index (χ1v) is 12.1. The molecule has 0 bridgehead atoms. The first-order valence-electron chi connectivity index (χ1n) is 9.98. The number of hydrogen-bond acceptors (Lipinski definition) is 0. The standard InChI is InChI=1S/C26H29.2ClH.Hf/c1-25(2,3)19-11-12-20-18(15-19)16-22-21(20)13-14-23(26(4,5)6)24(22)17-9-7-8-10-17;;;/h7-9,11-16H,10H2,1-6H3;2*1H;. The molecule has 2 aliphatic carbocycles. The third-order valence-corrected chi connectivity index (χ3v) is 8.11. The maximum absolute atomic E-state index is 2.49. The van der Waals surface area contributed by atoms with E-state index >= 15 is 0 Å². The zero-order valence-electron chi connectivity index (χ0n) is 18.2. The average molecular weight is 593 g/mol. The van der Waals surface area contributed by atoms with Gasteiger partial charge in [-0.2, -0.15) is 0 Å². The van der Waals surface area contributed by atoms with Gasteiger partial charge in [-0.05, 0) is 0 Å². The molecule has 0 saturated heterocycles. The van der Waals surface area contributed by atoms with Crippen molar-refractivity contribution in [1.82, 2.24) is 0 Å². The van der Waals surface area contributed by atoms with E-state index < -0.39 is 0 Å². The Morgan fingerprint density at radius 2 is 1.52 bits per heavy atom. The molecular formula is C26H31Cl2Hf. The smallest absolute Gasteiger partial charge is 0.147 e. The summed E-state index contributed by atoms with van der Waals surface area (Å²) in [5, 5.41) is 0. The minimum Gasteiger partial charge on any atom is -0.147 e. The molecule has 0 spiro atoms. The number of fused-ring (bicyclic) bond motifs is 3. The van der Waals surface area contributed by atoms with Crippen LogP contribution in [-0.4, -0.2) is 0 Å². The largest absolute Gasteiger partial charge is 0.147 e. The van der Waals surface area contributed by atoms with Crippen molar-refractivity contribution in [3.05, 3.63) is 76.4 Å². The summed E-state index contributed by atoms with van der Waals surface area (Å²) in [6.45, 7) is 14.0. The summed E-state index contributed by atoms with van der Waals surface area (Å²) in [4.78, 5) is 0. The zero-order chi connectivity index (χ0) is 19.6. The Morgan fingerprint density at radius 1 is 0.862 bits per heavy atom. The van der Waals surface area contributed by atoms with Gasteiger partial charge < -0.3 is 0 Å². The zero-order valence-corrected chi connectivity index (χ0v) is 23.4. The van der Waals surface area contributed by atoms with E-state index in [9.17, 15) is 0 Å². The fourth-order valence-electron chi connectivity index (χ4n) is 4.43. The second-order valence-electron chi connectivity index (χ2n) is 10.0. The van der Waals surface area contributed by atoms with Crippen molar-refractivity contribution in [2.24, 2.45) is 0 Å². The Morgan fingerprint density at radius 3 is 2.07 bits per heavy atom. The molecule has 3 heteroatoms. The molecule has 0 fully saturated rings. The topological polar surface area (TPSA) is 0 Å². The van der Waals surface area contributed by atoms with Crippen LogP contribution in [0.3, 0.4) is 0 Å². The van der Waals surface area contributed by atoms with E-state index in [-0.39, 0.29) is 35.6 Å². The molecule has 4 rings (SSSR count). The van der Waals surface area contributed by atoms with Crippen LogP contribution < -0.4 is 0 Å². The summed E-state index contributed by atoms with van der Waals surface area (Å²) in [7, 11) is 0. The van der Waals surface area contributed by atoms with Crippen LogP contribution in [-0.2, 0) is 35.2 Å². The van der Waals surface area contributed by atoms with Gasteiger partial charge in [-0.15, -0.1) is 24.8 Å². The molecule has 0 nitrogen and oxygen atoms in total. The molecule has 2 aromatic rings. The predicted octanol–water partition coefficient (Wildman–Crippen LogP) is 8.09. The van der Waals surface area contributed by atoms with Gasteiger partial charge in [-0.3, -0.25) is 0 Å². The van der Waals surface area contributed by atoms with Crippen LogP contribution in [0.2, 0.25) is 0 Å². The maximum Gasteiger partial charge on any atom is -0.147 e. The SMILES string of the molecule is CC(C)(C)c1ccc2c(c1)[CH]([Hf])c1c-2ccc(C(C)(C)C)c1C1=CC=CC1.Cl.Cl. The van der Waals surface area contributed by atoms with Crippen molar-refractivity contribution in [3.8, 4) is 11.1 Å². The average Bonchev–Trinajstić information content (AvgIpc) is 3.20. The summed E-state index contributed by atoms with van der Waals surface area (Å²) in [6.07, 6.45) is 7.92. The van der Waals surface area contributed by atoms with Crippen LogP contribution in [0.5, 0.6) is 0 Å². The summed E-state index contributed by atoms with van der Waals surface area (Å²) in [5.41, 5.74) is 12.4. The van der Waals surface area contributed by atoms with E-state index in [1.165, 1.54) is 27.8 Å². The molecule has 0 heterocycles. The predicted molar refractivity (Wildman–Crippen MR) is 127 cm³/mol. The first kappa shape index (κ1) is 24.6. The molecule has 0 radical (unpaired) electrons. The molecule has 0 amide bonds. The quantitative estimate of drug-likeness (QED) is 0.294. The normalized spacial score (nSPS) is 17.1. The van der Waals surface area contributed by atoms with Crippen molar-refractivity contribution in [2.75, 3.05) is 0 Å². The second-order valence-corrected chi connectivity index (χ2v) is 12.1. The number of allylic oxidation sites excluding steroid dienone is 4. The molecule has 0 aromatic heterocycles. The number of halogens is 2. The monoisotopic (exact) mass is 593 g/mol. The third-order valence-electron chi connectivity index (χ3n) is 5.95. The summed E-state index contributed by atoms with van der Waals surface area (Å²) in [6, 6.07) is 12.0. The van der Waals surface area contributed by atoms with E-state index in [1.54, 1.807) is 16.7 Å². The van der Waals surface area contributed by atoms with Crippen molar-refractivity contribution >= 4 is 30.4 Å². The molecule has 2 aromatic carbocycles. The molecule has 153 valence electrons. The number of rotatable bonds is 1. The molecule has 29 heavy (non-hydrogen) atoms. The van der Waals surface area contributed by atoms with E-state index in [2.05, 4.69) is 90.1 Å². The van der Waals surface area contributed by atoms with Gasteiger partial charge in [-0.1, -0.05) is 0 Å². The molecule has 1 atom stereocenters. The van der Waals surface area contributed by atoms with Crippen LogP contribution in [0, 0.1) is 0 Å². The van der Waals surface area contributed by atoms with Gasteiger partial charge in [0.2, 0.25) is 0 Å². The van der Waals surface area contributed by atoms with Gasteiger partial charge in [0.15, 0.2) is 0 Å². The van der Waals surface area contributed by atoms with Crippen LogP contribution in [0.4, 0.5) is 0 Å². The van der Waals surface area contributed by atoms with Crippen molar-refractivity contribution < 1.29 is 24.4 Å². The first-order chi connectivity index (χ1) is 12.6. The Labute approximate surface area is 203 Å². The van der Waals surface area contributed by atoms with E-state index in [4.69, 9.17) is 0 Å². The summed E-state index contributed by atoms with van der Waals surface area (Å²) in [5.74, 6) is 0. The van der Waals surface area contributed by atoms with E-state index in [1.807, 2.05) is 0 Å². The van der Waals surface area contributed by atoms with Crippen LogP contribution in [0.25, 0.3) is 16.7 Å². The van der Waals surface area contributed by atoms with Gasteiger partial charge in [0.1, 0.15) is 0 Å². The molecule has 2 aliphatic rings. The van der Waals surface area contributed by atoms with Gasteiger partial charge in [0.25, 0.3) is 0 Å². The minimum atomic E-state index is 0. The fourth-order valence-corrected chi connectivity index (χ4v) is 6.36. The van der Waals surface area contributed by atoms with Crippen LogP contribution in [0.1, 0.15) is 79.5 Å². The molecule has 0 saturated carbocycles. The molecule has 0 N–H and O–H groups in total. The minimum absolute atomic E-state index is 0. The number of hydrogen-bond donors (Lipinski definition) is 0. The van der Waals surface area contributed by atoms with Crippen molar-refractivity contribution in [1.29, 1.82) is 0 Å². The Balaban J connectivity index is 0.00000150. The molecular weight excluding hydrogens is 562 g/mol.